The number of sulfonamides is 1. The summed E-state index contributed by atoms with van der Waals surface area (Å²) < 4.78 is 36.5. The average molecular weight is 478 g/mol. The van der Waals surface area contributed by atoms with Crippen LogP contribution >= 0.6 is 0 Å². The van der Waals surface area contributed by atoms with Gasteiger partial charge >= 0.3 is 0 Å². The van der Waals surface area contributed by atoms with Gasteiger partial charge in [-0.15, -0.1) is 0 Å². The minimum atomic E-state index is -3.78. The molecule has 1 unspecified atom stereocenters. The summed E-state index contributed by atoms with van der Waals surface area (Å²) >= 11 is 0. The van der Waals surface area contributed by atoms with Gasteiger partial charge in [0.1, 0.15) is 24.1 Å². The van der Waals surface area contributed by atoms with Gasteiger partial charge in [0.15, 0.2) is 0 Å². The van der Waals surface area contributed by atoms with E-state index in [1.807, 2.05) is 6.07 Å². The van der Waals surface area contributed by atoms with Crippen molar-refractivity contribution in [2.45, 2.75) is 25.9 Å². The van der Waals surface area contributed by atoms with Crippen molar-refractivity contribution in [3.05, 3.63) is 54.1 Å². The van der Waals surface area contributed by atoms with Crippen LogP contribution in [0.4, 0.5) is 5.69 Å². The molecular formula is C23H31N3O6S. The molecule has 2 rings (SSSR count). The van der Waals surface area contributed by atoms with E-state index in [0.29, 0.717) is 23.6 Å². The Hall–Kier alpha value is -3.27. The van der Waals surface area contributed by atoms with Gasteiger partial charge in [0.05, 0.1) is 26.2 Å². The quantitative estimate of drug-likeness (QED) is 0.531. The lowest BCUT2D eigenvalue weighted by atomic mass is 10.1. The Morgan fingerprint density at radius 2 is 1.67 bits per heavy atom. The van der Waals surface area contributed by atoms with Crippen LogP contribution in [-0.4, -0.2) is 65.2 Å². The number of hydrogen-bond donors (Lipinski definition) is 1. The highest BCUT2D eigenvalue weighted by atomic mass is 32.2. The van der Waals surface area contributed by atoms with Crippen LogP contribution in [0.2, 0.25) is 0 Å². The van der Waals surface area contributed by atoms with Crippen LogP contribution < -0.4 is 19.1 Å². The number of amides is 2. The highest BCUT2D eigenvalue weighted by Gasteiger charge is 2.31. The van der Waals surface area contributed by atoms with Gasteiger partial charge in [-0.2, -0.15) is 0 Å². The van der Waals surface area contributed by atoms with Gasteiger partial charge in [-0.3, -0.25) is 13.9 Å². The van der Waals surface area contributed by atoms with E-state index in [1.165, 1.54) is 19.1 Å². The van der Waals surface area contributed by atoms with E-state index >= 15 is 0 Å². The lowest BCUT2D eigenvalue weighted by Crippen LogP contribution is -2.51. The number of hydrogen-bond acceptors (Lipinski definition) is 6. The molecule has 0 aliphatic carbocycles. The zero-order chi connectivity index (χ0) is 24.6. The Balaban J connectivity index is 2.42. The van der Waals surface area contributed by atoms with E-state index in [0.717, 1.165) is 16.1 Å². The van der Waals surface area contributed by atoms with Crippen molar-refractivity contribution < 1.29 is 27.5 Å². The molecule has 9 nitrogen and oxygen atoms in total. The number of rotatable bonds is 11. The predicted molar refractivity (Wildman–Crippen MR) is 127 cm³/mol. The third-order valence-electron chi connectivity index (χ3n) is 5.16. The highest BCUT2D eigenvalue weighted by Crippen LogP contribution is 2.23. The number of anilines is 1. The van der Waals surface area contributed by atoms with E-state index in [1.54, 1.807) is 56.5 Å². The van der Waals surface area contributed by atoms with Crippen LogP contribution in [0.15, 0.2) is 48.5 Å². The second kappa shape index (κ2) is 11.6. The first-order valence-electron chi connectivity index (χ1n) is 10.4. The normalized spacial score (nSPS) is 11.9. The molecule has 0 aliphatic rings. The van der Waals surface area contributed by atoms with Crippen LogP contribution in [0.25, 0.3) is 0 Å². The lowest BCUT2D eigenvalue weighted by Gasteiger charge is -2.32. The monoisotopic (exact) mass is 477 g/mol. The maximum Gasteiger partial charge on any atom is 0.244 e. The molecular weight excluding hydrogens is 446 g/mol. The molecule has 33 heavy (non-hydrogen) atoms. The van der Waals surface area contributed by atoms with E-state index in [2.05, 4.69) is 5.32 Å². The van der Waals surface area contributed by atoms with Crippen molar-refractivity contribution in [2.75, 3.05) is 38.4 Å². The minimum Gasteiger partial charge on any atom is -0.497 e. The van der Waals surface area contributed by atoms with Gasteiger partial charge in [0, 0.05) is 13.6 Å². The van der Waals surface area contributed by atoms with Crippen molar-refractivity contribution in [1.82, 2.24) is 10.2 Å². The number of ether oxygens (including phenoxy) is 2. The van der Waals surface area contributed by atoms with E-state index in [-0.39, 0.29) is 12.5 Å². The Kier molecular flexibility index (Phi) is 9.10. The van der Waals surface area contributed by atoms with Crippen LogP contribution in [0.3, 0.4) is 0 Å². The number of benzene rings is 2. The third-order valence-corrected chi connectivity index (χ3v) is 6.30. The Labute approximate surface area is 195 Å². The lowest BCUT2D eigenvalue weighted by molar-refractivity contribution is -0.140. The Morgan fingerprint density at radius 3 is 2.18 bits per heavy atom. The summed E-state index contributed by atoms with van der Waals surface area (Å²) in [6.07, 6.45) is 1.39. The largest absolute Gasteiger partial charge is 0.497 e. The predicted octanol–water partition coefficient (Wildman–Crippen LogP) is 2.02. The molecule has 0 aromatic heterocycles. The molecule has 0 aliphatic heterocycles. The fraction of sp³-hybridized carbons (Fsp3) is 0.391. The summed E-state index contributed by atoms with van der Waals surface area (Å²) in [5.74, 6) is 0.339. The maximum absolute atomic E-state index is 13.5. The van der Waals surface area contributed by atoms with Gasteiger partial charge in [0.2, 0.25) is 21.8 Å². The van der Waals surface area contributed by atoms with Crippen molar-refractivity contribution in [1.29, 1.82) is 0 Å². The standard InChI is InChI=1S/C23H31N3O6S/c1-6-21(23(28)24-2)25(15-17-8-7-9-20(14-17)32-4)22(27)16-26(33(5,29)30)18-10-12-19(31-3)13-11-18/h7-14,21H,6,15-16H2,1-5H3,(H,24,28). The molecule has 0 fully saturated rings. The molecule has 0 heterocycles. The highest BCUT2D eigenvalue weighted by molar-refractivity contribution is 7.92. The Bertz CT molecular complexity index is 1060. The molecule has 0 radical (unpaired) electrons. The van der Waals surface area contributed by atoms with Gasteiger partial charge in [0.25, 0.3) is 0 Å². The van der Waals surface area contributed by atoms with Gasteiger partial charge in [-0.1, -0.05) is 19.1 Å². The van der Waals surface area contributed by atoms with Crippen molar-refractivity contribution >= 4 is 27.5 Å². The van der Waals surface area contributed by atoms with Crippen molar-refractivity contribution in [2.24, 2.45) is 0 Å². The van der Waals surface area contributed by atoms with Gasteiger partial charge in [-0.25, -0.2) is 8.42 Å². The number of nitrogens with one attached hydrogen (secondary N) is 1. The first-order valence-corrected chi connectivity index (χ1v) is 12.2. The molecule has 2 amide bonds. The average Bonchev–Trinajstić information content (AvgIpc) is 2.81. The first-order chi connectivity index (χ1) is 15.6. The zero-order valence-electron chi connectivity index (χ0n) is 19.6. The van der Waals surface area contributed by atoms with Crippen LogP contribution in [0, 0.1) is 0 Å². The smallest absolute Gasteiger partial charge is 0.244 e. The molecule has 180 valence electrons. The second-order valence-electron chi connectivity index (χ2n) is 7.38. The molecule has 0 saturated carbocycles. The fourth-order valence-corrected chi connectivity index (χ4v) is 4.27. The fourth-order valence-electron chi connectivity index (χ4n) is 3.42. The zero-order valence-corrected chi connectivity index (χ0v) is 20.4. The number of carbonyl (C=O) groups excluding carboxylic acids is 2. The Morgan fingerprint density at radius 1 is 1.03 bits per heavy atom. The molecule has 10 heteroatoms. The van der Waals surface area contributed by atoms with Crippen LogP contribution in [0.5, 0.6) is 11.5 Å². The number of nitrogens with zero attached hydrogens (tertiary/aromatic N) is 2. The van der Waals surface area contributed by atoms with Gasteiger partial charge < -0.3 is 19.7 Å². The molecule has 2 aromatic carbocycles. The summed E-state index contributed by atoms with van der Waals surface area (Å²) in [7, 11) is 0.765. The SMILES string of the molecule is CCC(C(=O)NC)N(Cc1cccc(OC)c1)C(=O)CN(c1ccc(OC)cc1)S(C)(=O)=O. The van der Waals surface area contributed by atoms with Gasteiger partial charge in [-0.05, 0) is 48.4 Å². The number of methoxy groups -OCH3 is 2. The summed E-state index contributed by atoms with van der Waals surface area (Å²) in [4.78, 5) is 27.4. The summed E-state index contributed by atoms with van der Waals surface area (Å²) in [5, 5.41) is 2.58. The van der Waals surface area contributed by atoms with Crippen molar-refractivity contribution in [3.63, 3.8) is 0 Å². The van der Waals surface area contributed by atoms with Crippen LogP contribution in [0.1, 0.15) is 18.9 Å². The minimum absolute atomic E-state index is 0.113. The first kappa shape index (κ1) is 26.0. The molecule has 1 N–H and O–H groups in total. The molecule has 0 saturated heterocycles. The maximum atomic E-state index is 13.5. The van der Waals surface area contributed by atoms with Crippen molar-refractivity contribution in [3.8, 4) is 11.5 Å². The number of likely N-dealkylation sites (N-methyl/N-ethyl adjacent to an activating group) is 1. The number of carbonyl (C=O) groups is 2. The van der Waals surface area contributed by atoms with E-state index < -0.39 is 28.5 Å². The summed E-state index contributed by atoms with van der Waals surface area (Å²) in [5.41, 5.74) is 1.07. The molecule has 1 atom stereocenters. The third kappa shape index (κ3) is 6.85. The summed E-state index contributed by atoms with van der Waals surface area (Å²) in [6, 6.07) is 12.7. The van der Waals surface area contributed by atoms with Crippen LogP contribution in [-0.2, 0) is 26.2 Å². The topological polar surface area (TPSA) is 105 Å². The van der Waals surface area contributed by atoms with E-state index in [9.17, 15) is 18.0 Å². The molecule has 2 aromatic rings. The second-order valence-corrected chi connectivity index (χ2v) is 9.29. The van der Waals surface area contributed by atoms with E-state index in [4.69, 9.17) is 9.47 Å². The summed E-state index contributed by atoms with van der Waals surface area (Å²) in [6.45, 7) is 1.45. The molecule has 0 spiro atoms. The molecule has 0 bridgehead atoms.